The highest BCUT2D eigenvalue weighted by Crippen LogP contribution is 2.38. The van der Waals surface area contributed by atoms with Crippen molar-refractivity contribution in [3.05, 3.63) is 23.0 Å². The van der Waals surface area contributed by atoms with Gasteiger partial charge in [0.05, 0.1) is 11.8 Å². The van der Waals surface area contributed by atoms with E-state index in [4.69, 9.17) is 11.6 Å². The molecule has 3 rings (SSSR count). The van der Waals surface area contributed by atoms with E-state index in [1.807, 2.05) is 6.07 Å². The predicted molar refractivity (Wildman–Crippen MR) is 64.5 cm³/mol. The van der Waals surface area contributed by atoms with Gasteiger partial charge in [0.2, 0.25) is 0 Å². The van der Waals surface area contributed by atoms with Gasteiger partial charge in [0.25, 0.3) is 0 Å². The van der Waals surface area contributed by atoms with Crippen LogP contribution < -0.4 is 0 Å². The van der Waals surface area contributed by atoms with Gasteiger partial charge >= 0.3 is 0 Å². The van der Waals surface area contributed by atoms with Gasteiger partial charge in [0.1, 0.15) is 0 Å². The van der Waals surface area contributed by atoms with Crippen LogP contribution in [0.5, 0.6) is 0 Å². The standard InChI is InChI=1S/C12H16ClN3O/c13-12-4-2-9(14-15-12)6-16-5-8-1-3-11(17)10(8)7-16/h2,4,8,10-11,17H,1,3,5-7H2. The summed E-state index contributed by atoms with van der Waals surface area (Å²) in [6.45, 7) is 2.87. The Morgan fingerprint density at radius 2 is 2.18 bits per heavy atom. The van der Waals surface area contributed by atoms with Crippen LogP contribution in [0.1, 0.15) is 18.5 Å². The molecule has 3 atom stereocenters. The lowest BCUT2D eigenvalue weighted by Crippen LogP contribution is -2.24. The Morgan fingerprint density at radius 1 is 1.29 bits per heavy atom. The fourth-order valence-electron chi connectivity index (χ4n) is 3.12. The fraction of sp³-hybridized carbons (Fsp3) is 0.667. The maximum Gasteiger partial charge on any atom is 0.151 e. The first kappa shape index (κ1) is 11.4. The van der Waals surface area contributed by atoms with Crippen LogP contribution in [0, 0.1) is 11.8 Å². The lowest BCUT2D eigenvalue weighted by atomic mass is 10.00. The van der Waals surface area contributed by atoms with E-state index in [9.17, 15) is 5.11 Å². The summed E-state index contributed by atoms with van der Waals surface area (Å²) in [5.74, 6) is 1.14. The summed E-state index contributed by atoms with van der Waals surface area (Å²) >= 11 is 5.71. The van der Waals surface area contributed by atoms with Crippen molar-refractivity contribution in [1.29, 1.82) is 0 Å². The Kier molecular flexibility index (Phi) is 3.03. The van der Waals surface area contributed by atoms with Gasteiger partial charge in [0, 0.05) is 25.6 Å². The van der Waals surface area contributed by atoms with Gasteiger partial charge in [-0.1, -0.05) is 11.6 Å². The maximum absolute atomic E-state index is 9.85. The molecule has 17 heavy (non-hydrogen) atoms. The molecule has 1 saturated heterocycles. The molecule has 2 fully saturated rings. The Balaban J connectivity index is 1.62. The van der Waals surface area contributed by atoms with Gasteiger partial charge in [-0.25, -0.2) is 0 Å². The van der Waals surface area contributed by atoms with E-state index in [1.54, 1.807) is 6.07 Å². The van der Waals surface area contributed by atoms with Gasteiger partial charge in [-0.2, -0.15) is 5.10 Å². The van der Waals surface area contributed by atoms with Gasteiger partial charge in [0.15, 0.2) is 5.15 Å². The first-order valence-electron chi connectivity index (χ1n) is 6.11. The maximum atomic E-state index is 9.85. The van der Waals surface area contributed by atoms with Gasteiger partial charge < -0.3 is 5.11 Å². The van der Waals surface area contributed by atoms with Crippen LogP contribution >= 0.6 is 11.6 Å². The molecule has 0 bridgehead atoms. The summed E-state index contributed by atoms with van der Waals surface area (Å²) in [7, 11) is 0. The third-order valence-corrected chi connectivity index (χ3v) is 4.17. The third kappa shape index (κ3) is 2.30. The minimum atomic E-state index is -0.0960. The molecule has 0 amide bonds. The second-order valence-electron chi connectivity index (χ2n) is 5.11. The molecule has 4 nitrogen and oxygen atoms in total. The minimum Gasteiger partial charge on any atom is -0.393 e. The fourth-order valence-corrected chi connectivity index (χ4v) is 3.22. The highest BCUT2D eigenvalue weighted by molar-refractivity contribution is 6.29. The molecule has 5 heteroatoms. The van der Waals surface area contributed by atoms with Crippen LogP contribution in [-0.2, 0) is 6.54 Å². The van der Waals surface area contributed by atoms with E-state index in [1.165, 1.54) is 0 Å². The zero-order chi connectivity index (χ0) is 11.8. The number of likely N-dealkylation sites (tertiary alicyclic amines) is 1. The molecule has 1 N–H and O–H groups in total. The topological polar surface area (TPSA) is 49.2 Å². The smallest absolute Gasteiger partial charge is 0.151 e. The molecule has 1 aromatic rings. The average Bonchev–Trinajstić information content (AvgIpc) is 2.85. The lowest BCUT2D eigenvalue weighted by molar-refractivity contribution is 0.123. The largest absolute Gasteiger partial charge is 0.393 e. The Labute approximate surface area is 106 Å². The molecule has 0 radical (unpaired) electrons. The second-order valence-corrected chi connectivity index (χ2v) is 5.50. The molecule has 2 aliphatic rings. The third-order valence-electron chi connectivity index (χ3n) is 3.97. The van der Waals surface area contributed by atoms with Crippen LogP contribution in [0.15, 0.2) is 12.1 Å². The molecule has 1 aliphatic carbocycles. The number of halogens is 1. The molecular formula is C12H16ClN3O. The first-order chi connectivity index (χ1) is 8.22. The number of rotatable bonds is 2. The molecule has 92 valence electrons. The average molecular weight is 254 g/mol. The Hall–Kier alpha value is -0.710. The van der Waals surface area contributed by atoms with E-state index < -0.39 is 0 Å². The number of aliphatic hydroxyl groups excluding tert-OH is 1. The summed E-state index contributed by atoms with van der Waals surface area (Å²) in [5, 5.41) is 18.2. The van der Waals surface area contributed by atoms with Crippen molar-refractivity contribution in [2.24, 2.45) is 11.8 Å². The zero-order valence-electron chi connectivity index (χ0n) is 9.59. The van der Waals surface area contributed by atoms with Gasteiger partial charge in [-0.05, 0) is 30.9 Å². The van der Waals surface area contributed by atoms with Crippen LogP contribution in [0.25, 0.3) is 0 Å². The van der Waals surface area contributed by atoms with Crippen molar-refractivity contribution < 1.29 is 5.11 Å². The van der Waals surface area contributed by atoms with Crippen molar-refractivity contribution in [2.75, 3.05) is 13.1 Å². The van der Waals surface area contributed by atoms with Gasteiger partial charge in [-0.15, -0.1) is 5.10 Å². The quantitative estimate of drug-likeness (QED) is 0.864. The summed E-state index contributed by atoms with van der Waals surface area (Å²) in [4.78, 5) is 2.36. The zero-order valence-corrected chi connectivity index (χ0v) is 10.3. The van der Waals surface area contributed by atoms with Crippen molar-refractivity contribution in [1.82, 2.24) is 15.1 Å². The van der Waals surface area contributed by atoms with Crippen molar-refractivity contribution in [2.45, 2.75) is 25.5 Å². The normalized spacial score (nSPS) is 32.9. The molecule has 0 aromatic carbocycles. The summed E-state index contributed by atoms with van der Waals surface area (Å²) in [6.07, 6.45) is 2.04. The van der Waals surface area contributed by atoms with E-state index in [0.717, 1.165) is 38.2 Å². The number of aromatic nitrogens is 2. The highest BCUT2D eigenvalue weighted by Gasteiger charge is 2.41. The van der Waals surface area contributed by atoms with Gasteiger partial charge in [-0.3, -0.25) is 4.90 Å². The van der Waals surface area contributed by atoms with E-state index in [2.05, 4.69) is 15.1 Å². The number of hydrogen-bond acceptors (Lipinski definition) is 4. The molecular weight excluding hydrogens is 238 g/mol. The number of aliphatic hydroxyl groups is 1. The van der Waals surface area contributed by atoms with E-state index in [-0.39, 0.29) is 6.10 Å². The highest BCUT2D eigenvalue weighted by atomic mass is 35.5. The SMILES string of the molecule is OC1CCC2CN(Cc3ccc(Cl)nn3)CC12. The second kappa shape index (κ2) is 4.52. The molecule has 3 unspecified atom stereocenters. The minimum absolute atomic E-state index is 0.0960. The summed E-state index contributed by atoms with van der Waals surface area (Å²) in [6, 6.07) is 3.69. The van der Waals surface area contributed by atoms with Crippen molar-refractivity contribution in [3.8, 4) is 0 Å². The molecule has 0 spiro atoms. The predicted octanol–water partition coefficient (Wildman–Crippen LogP) is 1.33. The summed E-state index contributed by atoms with van der Waals surface area (Å²) < 4.78 is 0. The summed E-state index contributed by atoms with van der Waals surface area (Å²) in [5.41, 5.74) is 0.948. The molecule has 1 aliphatic heterocycles. The Bertz CT molecular complexity index is 397. The lowest BCUT2D eigenvalue weighted by Gasteiger charge is -2.17. The number of nitrogens with zero attached hydrogens (tertiary/aromatic N) is 3. The van der Waals surface area contributed by atoms with E-state index in [0.29, 0.717) is 17.0 Å². The van der Waals surface area contributed by atoms with E-state index >= 15 is 0 Å². The van der Waals surface area contributed by atoms with Crippen LogP contribution in [0.3, 0.4) is 0 Å². The Morgan fingerprint density at radius 3 is 2.88 bits per heavy atom. The molecule has 1 aromatic heterocycles. The molecule has 2 heterocycles. The monoisotopic (exact) mass is 253 g/mol. The number of hydrogen-bond donors (Lipinski definition) is 1. The van der Waals surface area contributed by atoms with Crippen LogP contribution in [0.4, 0.5) is 0 Å². The first-order valence-corrected chi connectivity index (χ1v) is 6.48. The molecule has 1 saturated carbocycles. The van der Waals surface area contributed by atoms with Crippen molar-refractivity contribution >= 4 is 11.6 Å². The van der Waals surface area contributed by atoms with Crippen LogP contribution in [0.2, 0.25) is 5.15 Å². The van der Waals surface area contributed by atoms with Crippen LogP contribution in [-0.4, -0.2) is 39.4 Å². The number of fused-ring (bicyclic) bond motifs is 1. The van der Waals surface area contributed by atoms with Crippen molar-refractivity contribution in [3.63, 3.8) is 0 Å².